The van der Waals surface area contributed by atoms with Crippen molar-refractivity contribution in [3.8, 4) is 5.75 Å². The Morgan fingerprint density at radius 2 is 1.18 bits per heavy atom. The van der Waals surface area contributed by atoms with E-state index in [9.17, 15) is 0 Å². The van der Waals surface area contributed by atoms with Gasteiger partial charge < -0.3 is 35.9 Å². The number of phenolic OH excluding ortho intramolecular Hbond substituents is 1. The molecule has 0 saturated carbocycles. The Morgan fingerprint density at radius 3 is 1.50 bits per heavy atom. The number of para-hydroxylation sites is 1. The zero-order valence-electron chi connectivity index (χ0n) is 13.2. The topological polar surface area (TPSA) is 58.4 Å². The van der Waals surface area contributed by atoms with E-state index in [1.54, 1.807) is 24.3 Å². The summed E-state index contributed by atoms with van der Waals surface area (Å²) in [5, 5.41) is 19.4. The maximum Gasteiger partial charge on any atom is 3.00 e. The van der Waals surface area contributed by atoms with Gasteiger partial charge in [-0.15, -0.1) is 50.3 Å². The van der Waals surface area contributed by atoms with Crippen molar-refractivity contribution in [1.82, 2.24) is 10.6 Å². The zero-order chi connectivity index (χ0) is 11.5. The summed E-state index contributed by atoms with van der Waals surface area (Å²) in [6.07, 6.45) is 0. The van der Waals surface area contributed by atoms with E-state index in [0.717, 1.165) is 39.3 Å². The van der Waals surface area contributed by atoms with Gasteiger partial charge in [-0.3, -0.25) is 0 Å². The van der Waals surface area contributed by atoms with Gasteiger partial charge in [-0.2, -0.15) is 0 Å². The molecule has 1 fully saturated rings. The maximum absolute atomic E-state index is 8.63. The summed E-state index contributed by atoms with van der Waals surface area (Å²) in [4.78, 5) is 0. The van der Waals surface area contributed by atoms with Crippen LogP contribution in [0.4, 0.5) is 0 Å². The van der Waals surface area contributed by atoms with Crippen LogP contribution in [0.25, 0.3) is 5.32 Å². The number of hydrogen-bond acceptors (Lipinski definition) is 3. The fourth-order valence-electron chi connectivity index (χ4n) is 1.28. The minimum atomic E-state index is 0. The number of hydrogen-bond donors (Lipinski definition) is 3. The third-order valence-corrected chi connectivity index (χ3v) is 2.13. The molecule has 4 nitrogen and oxygen atoms in total. The van der Waals surface area contributed by atoms with Gasteiger partial charge in [0, 0.05) is 13.1 Å². The molecule has 0 aliphatic carbocycles. The number of benzene rings is 1. The van der Waals surface area contributed by atoms with Crippen molar-refractivity contribution in [1.29, 1.82) is 0 Å². The predicted molar refractivity (Wildman–Crippen MR) is 102 cm³/mol. The van der Waals surface area contributed by atoms with Gasteiger partial charge in [-0.05, 0) is 25.2 Å². The molecule has 22 heavy (non-hydrogen) atoms. The van der Waals surface area contributed by atoms with Gasteiger partial charge in [-0.1, -0.05) is 18.2 Å². The smallest absolute Gasteiger partial charge is 0.660 e. The van der Waals surface area contributed by atoms with Crippen molar-refractivity contribution in [2.24, 2.45) is 0 Å². The van der Waals surface area contributed by atoms with Crippen LogP contribution in [0.2, 0.25) is 0 Å². The quantitative estimate of drug-likeness (QED) is 0.456. The first-order chi connectivity index (χ1) is 7.89. The summed E-state index contributed by atoms with van der Waals surface area (Å²) in [6.45, 7) is 6.19. The van der Waals surface area contributed by atoms with Crippen molar-refractivity contribution in [2.45, 2.75) is 0 Å². The van der Waals surface area contributed by atoms with E-state index < -0.39 is 0 Å². The molecule has 0 spiro atoms. The van der Waals surface area contributed by atoms with Crippen LogP contribution in [0.5, 0.6) is 5.75 Å². The van der Waals surface area contributed by atoms with Crippen LogP contribution in [0.1, 0.15) is 0 Å². The molecule has 0 atom stereocenters. The van der Waals surface area contributed by atoms with Gasteiger partial charge in [-0.25, -0.2) is 0 Å². The SMILES string of the molecule is C1CNCCNCC[N-]1.Cl.Cl.Cl.Oc1ccccc1.[CH3-].[CH3-].[Ti+3]. The molecule has 0 aromatic heterocycles. The molecule has 1 radical (unpaired) electrons. The molecule has 2 rings (SSSR count). The van der Waals surface area contributed by atoms with Gasteiger partial charge in [0.25, 0.3) is 0 Å². The fraction of sp³-hybridized carbons (Fsp3) is 0.429. The summed E-state index contributed by atoms with van der Waals surface area (Å²) in [7, 11) is 0. The Morgan fingerprint density at radius 1 is 0.773 bits per heavy atom. The Hall–Kier alpha value is 0.484. The zero-order valence-corrected chi connectivity index (χ0v) is 17.3. The van der Waals surface area contributed by atoms with E-state index in [2.05, 4.69) is 16.0 Å². The summed E-state index contributed by atoms with van der Waals surface area (Å²) in [5.74, 6) is 0.322. The van der Waals surface area contributed by atoms with Gasteiger partial charge >= 0.3 is 21.7 Å². The fourth-order valence-corrected chi connectivity index (χ4v) is 1.28. The first-order valence-electron chi connectivity index (χ1n) is 5.68. The minimum absolute atomic E-state index is 0. The third-order valence-electron chi connectivity index (χ3n) is 2.13. The summed E-state index contributed by atoms with van der Waals surface area (Å²) in [6, 6.07) is 8.71. The molecule has 3 N–H and O–H groups in total. The summed E-state index contributed by atoms with van der Waals surface area (Å²) < 4.78 is 0. The van der Waals surface area contributed by atoms with Gasteiger partial charge in [0.15, 0.2) is 0 Å². The maximum atomic E-state index is 8.63. The number of halogens is 3. The van der Waals surface area contributed by atoms with Crippen molar-refractivity contribution >= 4 is 37.2 Å². The Kier molecular flexibility index (Phi) is 51.2. The van der Waals surface area contributed by atoms with E-state index in [1.165, 1.54) is 0 Å². The second-order valence-corrected chi connectivity index (χ2v) is 3.51. The minimum Gasteiger partial charge on any atom is -0.660 e. The molecule has 0 bridgehead atoms. The van der Waals surface area contributed by atoms with E-state index in [-0.39, 0.29) is 73.8 Å². The third kappa shape index (κ3) is 25.4. The molecule has 0 unspecified atom stereocenters. The van der Waals surface area contributed by atoms with Crippen LogP contribution in [0, 0.1) is 14.9 Å². The second-order valence-electron chi connectivity index (χ2n) is 3.51. The van der Waals surface area contributed by atoms with Gasteiger partial charge in [0.2, 0.25) is 0 Å². The molecule has 131 valence electrons. The molecule has 1 aromatic carbocycles. The molecule has 1 aromatic rings. The largest absolute Gasteiger partial charge is 3.00 e. The van der Waals surface area contributed by atoms with E-state index in [4.69, 9.17) is 5.11 Å². The van der Waals surface area contributed by atoms with Gasteiger partial charge in [0.1, 0.15) is 5.75 Å². The average molecular weight is 410 g/mol. The first-order valence-corrected chi connectivity index (χ1v) is 5.68. The van der Waals surface area contributed by atoms with Crippen LogP contribution in [0.3, 0.4) is 0 Å². The Bertz CT molecular complexity index is 244. The van der Waals surface area contributed by atoms with Crippen molar-refractivity contribution < 1.29 is 26.8 Å². The predicted octanol–water partition coefficient (Wildman–Crippen LogP) is 3.11. The van der Waals surface area contributed by atoms with Crippen LogP contribution in [0.15, 0.2) is 30.3 Å². The monoisotopic (exact) mass is 408 g/mol. The molecular weight excluding hydrogens is 380 g/mol. The number of aromatic hydroxyl groups is 1. The Balaban J connectivity index is -0.0000000464. The summed E-state index contributed by atoms with van der Waals surface area (Å²) in [5.41, 5.74) is 0. The molecular formula is C14H29Cl3N3OTi. The number of rotatable bonds is 0. The van der Waals surface area contributed by atoms with Crippen molar-refractivity contribution in [3.63, 3.8) is 0 Å². The van der Waals surface area contributed by atoms with Crippen LogP contribution >= 0.6 is 37.2 Å². The van der Waals surface area contributed by atoms with Crippen LogP contribution in [-0.2, 0) is 21.7 Å². The first kappa shape index (κ1) is 38.2. The van der Waals surface area contributed by atoms with Crippen molar-refractivity contribution in [3.05, 3.63) is 50.5 Å². The number of nitrogens with one attached hydrogen (secondary N) is 2. The summed E-state index contributed by atoms with van der Waals surface area (Å²) >= 11 is 0. The van der Waals surface area contributed by atoms with Gasteiger partial charge in [0.05, 0.1) is 0 Å². The second kappa shape index (κ2) is 29.5. The molecule has 1 heterocycles. The molecule has 1 aliphatic heterocycles. The van der Waals surface area contributed by atoms with Crippen molar-refractivity contribution in [2.75, 3.05) is 39.3 Å². The van der Waals surface area contributed by atoms with Crippen LogP contribution < -0.4 is 10.6 Å². The molecule has 8 heteroatoms. The molecule has 0 amide bonds. The normalized spacial score (nSPS) is 12.5. The van der Waals surface area contributed by atoms with Crippen LogP contribution in [-0.4, -0.2) is 44.4 Å². The van der Waals surface area contributed by atoms with E-state index in [1.807, 2.05) is 6.07 Å². The number of phenols is 1. The van der Waals surface area contributed by atoms with E-state index >= 15 is 0 Å². The standard InChI is InChI=1S/C6H14N3.C6H6O.2CH3.3ClH.Ti/c1-2-8-5-6-9-4-3-7-1;7-6-4-2-1-3-5-6;;;;;;/h7-8H,1-6H2;1-5,7H;2*1H3;3*1H;/q-1;;2*-1;;;;+3. The average Bonchev–Trinajstić information content (AvgIpc) is 2.46. The molecule has 1 saturated heterocycles. The van der Waals surface area contributed by atoms with E-state index in [0.29, 0.717) is 5.75 Å². The molecule has 1 aliphatic rings. The Labute approximate surface area is 169 Å². The number of nitrogens with zero attached hydrogens (tertiary/aromatic N) is 1.